The standard InChI is InChI=1S/C22H26F2N4O/c1-2-25-22(27-13-18-12-19(23)9-10-20(18)24)26-11-5-8-21(29)28-14-16-6-3-4-7-17(16)15-28/h3-4,6-7,9-10,12H,2,5,8,11,13-15H2,1H3,(H2,25,26,27). The first-order chi connectivity index (χ1) is 14.1. The zero-order valence-electron chi connectivity index (χ0n) is 16.5. The predicted molar refractivity (Wildman–Crippen MR) is 109 cm³/mol. The number of rotatable bonds is 7. The van der Waals surface area contributed by atoms with Crippen LogP contribution in [0.25, 0.3) is 0 Å². The Balaban J connectivity index is 1.45. The van der Waals surface area contributed by atoms with E-state index >= 15 is 0 Å². The van der Waals surface area contributed by atoms with Crippen molar-refractivity contribution in [2.75, 3.05) is 13.1 Å². The summed E-state index contributed by atoms with van der Waals surface area (Å²) < 4.78 is 27.0. The molecular formula is C22H26F2N4O. The van der Waals surface area contributed by atoms with E-state index in [9.17, 15) is 13.6 Å². The summed E-state index contributed by atoms with van der Waals surface area (Å²) in [5, 5.41) is 6.21. The van der Waals surface area contributed by atoms with Crippen LogP contribution in [0.4, 0.5) is 8.78 Å². The second-order valence-corrected chi connectivity index (χ2v) is 6.98. The van der Waals surface area contributed by atoms with Crippen LogP contribution in [0, 0.1) is 11.6 Å². The molecule has 0 radical (unpaired) electrons. The molecule has 7 heteroatoms. The first-order valence-corrected chi connectivity index (χ1v) is 9.87. The maximum atomic E-state index is 13.7. The highest BCUT2D eigenvalue weighted by molar-refractivity contribution is 5.80. The molecule has 1 heterocycles. The van der Waals surface area contributed by atoms with Gasteiger partial charge in [0, 0.05) is 38.2 Å². The monoisotopic (exact) mass is 400 g/mol. The number of aliphatic imine (C=N–C) groups is 1. The summed E-state index contributed by atoms with van der Waals surface area (Å²) in [6, 6.07) is 11.4. The fraction of sp³-hybridized carbons (Fsp3) is 0.364. The van der Waals surface area contributed by atoms with E-state index in [1.807, 2.05) is 24.0 Å². The van der Waals surface area contributed by atoms with Crippen molar-refractivity contribution in [3.8, 4) is 0 Å². The minimum Gasteiger partial charge on any atom is -0.357 e. The fourth-order valence-electron chi connectivity index (χ4n) is 3.28. The lowest BCUT2D eigenvalue weighted by molar-refractivity contribution is -0.131. The smallest absolute Gasteiger partial charge is 0.223 e. The SMILES string of the molecule is CCNC(=NCc1cc(F)ccc1F)NCCCC(=O)N1Cc2ccccc2C1. The molecule has 154 valence electrons. The zero-order chi connectivity index (χ0) is 20.6. The number of guanidine groups is 1. The van der Waals surface area contributed by atoms with Gasteiger partial charge in [-0.15, -0.1) is 0 Å². The average molecular weight is 400 g/mol. The normalized spacial score (nSPS) is 13.3. The van der Waals surface area contributed by atoms with Crippen molar-refractivity contribution >= 4 is 11.9 Å². The van der Waals surface area contributed by atoms with Gasteiger partial charge in [-0.3, -0.25) is 4.79 Å². The Kier molecular flexibility index (Phi) is 7.16. The summed E-state index contributed by atoms with van der Waals surface area (Å²) in [5.41, 5.74) is 2.63. The maximum absolute atomic E-state index is 13.7. The molecule has 2 aromatic carbocycles. The molecule has 2 N–H and O–H groups in total. The van der Waals surface area contributed by atoms with Crippen LogP contribution in [0.3, 0.4) is 0 Å². The lowest BCUT2D eigenvalue weighted by Crippen LogP contribution is -2.38. The molecule has 0 saturated heterocycles. The predicted octanol–water partition coefficient (Wildman–Crippen LogP) is 3.34. The van der Waals surface area contributed by atoms with E-state index in [1.54, 1.807) is 0 Å². The third-order valence-electron chi connectivity index (χ3n) is 4.81. The van der Waals surface area contributed by atoms with Gasteiger partial charge in [0.2, 0.25) is 5.91 Å². The van der Waals surface area contributed by atoms with Gasteiger partial charge in [-0.05, 0) is 42.7 Å². The molecule has 0 unspecified atom stereocenters. The molecule has 29 heavy (non-hydrogen) atoms. The Morgan fingerprint density at radius 3 is 2.52 bits per heavy atom. The number of fused-ring (bicyclic) bond motifs is 1. The van der Waals surface area contributed by atoms with Crippen molar-refractivity contribution in [1.29, 1.82) is 0 Å². The molecular weight excluding hydrogens is 374 g/mol. The summed E-state index contributed by atoms with van der Waals surface area (Å²) >= 11 is 0. The third-order valence-corrected chi connectivity index (χ3v) is 4.81. The number of nitrogens with one attached hydrogen (secondary N) is 2. The molecule has 2 aromatic rings. The summed E-state index contributed by atoms with van der Waals surface area (Å²) in [5.74, 6) is -0.329. The van der Waals surface area contributed by atoms with Crippen LogP contribution in [0.2, 0.25) is 0 Å². The number of benzene rings is 2. The average Bonchev–Trinajstić information content (AvgIpc) is 3.15. The van der Waals surface area contributed by atoms with E-state index in [2.05, 4.69) is 27.8 Å². The highest BCUT2D eigenvalue weighted by Crippen LogP contribution is 2.22. The van der Waals surface area contributed by atoms with E-state index < -0.39 is 11.6 Å². The van der Waals surface area contributed by atoms with Crippen LogP contribution < -0.4 is 10.6 Å². The number of hydrogen-bond acceptors (Lipinski definition) is 2. The highest BCUT2D eigenvalue weighted by atomic mass is 19.1. The number of amides is 1. The summed E-state index contributed by atoms with van der Waals surface area (Å²) in [6.07, 6.45) is 1.10. The topological polar surface area (TPSA) is 56.7 Å². The van der Waals surface area contributed by atoms with E-state index in [0.29, 0.717) is 45.0 Å². The minimum atomic E-state index is -0.489. The van der Waals surface area contributed by atoms with E-state index in [1.165, 1.54) is 11.1 Å². The van der Waals surface area contributed by atoms with Gasteiger partial charge >= 0.3 is 0 Å². The van der Waals surface area contributed by atoms with Gasteiger partial charge in [-0.1, -0.05) is 24.3 Å². The molecule has 0 spiro atoms. The van der Waals surface area contributed by atoms with Crippen molar-refractivity contribution in [3.63, 3.8) is 0 Å². The van der Waals surface area contributed by atoms with Crippen molar-refractivity contribution < 1.29 is 13.6 Å². The molecule has 0 saturated carbocycles. The zero-order valence-corrected chi connectivity index (χ0v) is 16.5. The molecule has 1 aliphatic rings. The van der Waals surface area contributed by atoms with Gasteiger partial charge in [-0.25, -0.2) is 13.8 Å². The number of hydrogen-bond donors (Lipinski definition) is 2. The second-order valence-electron chi connectivity index (χ2n) is 6.98. The maximum Gasteiger partial charge on any atom is 0.223 e. The van der Waals surface area contributed by atoms with Gasteiger partial charge in [0.15, 0.2) is 5.96 Å². The summed E-state index contributed by atoms with van der Waals surface area (Å²) in [6.45, 7) is 4.50. The molecule has 1 amide bonds. The van der Waals surface area contributed by atoms with Gasteiger partial charge < -0.3 is 15.5 Å². The first-order valence-electron chi connectivity index (χ1n) is 9.87. The van der Waals surface area contributed by atoms with Crippen LogP contribution in [-0.2, 0) is 24.4 Å². The summed E-state index contributed by atoms with van der Waals surface area (Å²) in [7, 11) is 0. The van der Waals surface area contributed by atoms with Crippen molar-refractivity contribution in [1.82, 2.24) is 15.5 Å². The van der Waals surface area contributed by atoms with E-state index in [0.717, 1.165) is 18.2 Å². The number of nitrogens with zero attached hydrogens (tertiary/aromatic N) is 2. The van der Waals surface area contributed by atoms with Crippen molar-refractivity contribution in [3.05, 3.63) is 70.8 Å². The van der Waals surface area contributed by atoms with Crippen LogP contribution in [0.15, 0.2) is 47.5 Å². The lowest BCUT2D eigenvalue weighted by Gasteiger charge is -2.16. The van der Waals surface area contributed by atoms with Gasteiger partial charge in [0.05, 0.1) is 6.54 Å². The van der Waals surface area contributed by atoms with Gasteiger partial charge in [0.25, 0.3) is 0 Å². The van der Waals surface area contributed by atoms with Crippen molar-refractivity contribution in [2.24, 2.45) is 4.99 Å². The second kappa shape index (κ2) is 10.0. The van der Waals surface area contributed by atoms with Crippen molar-refractivity contribution in [2.45, 2.75) is 39.4 Å². The Bertz CT molecular complexity index is 860. The van der Waals surface area contributed by atoms with Crippen LogP contribution in [-0.4, -0.2) is 29.9 Å². The van der Waals surface area contributed by atoms with Gasteiger partial charge in [0.1, 0.15) is 11.6 Å². The van der Waals surface area contributed by atoms with Crippen LogP contribution in [0.1, 0.15) is 36.5 Å². The molecule has 0 fully saturated rings. The number of carbonyl (C=O) groups excluding carboxylic acids is 1. The van der Waals surface area contributed by atoms with Gasteiger partial charge in [-0.2, -0.15) is 0 Å². The van der Waals surface area contributed by atoms with E-state index in [4.69, 9.17) is 0 Å². The minimum absolute atomic E-state index is 0.0316. The highest BCUT2D eigenvalue weighted by Gasteiger charge is 2.22. The number of carbonyl (C=O) groups is 1. The Morgan fingerprint density at radius 1 is 1.10 bits per heavy atom. The molecule has 5 nitrogen and oxygen atoms in total. The Morgan fingerprint density at radius 2 is 1.83 bits per heavy atom. The van der Waals surface area contributed by atoms with Crippen LogP contribution in [0.5, 0.6) is 0 Å². The lowest BCUT2D eigenvalue weighted by atomic mass is 10.1. The number of halogens is 2. The molecule has 0 aliphatic carbocycles. The van der Waals surface area contributed by atoms with E-state index in [-0.39, 0.29) is 18.0 Å². The molecule has 0 bridgehead atoms. The molecule has 3 rings (SSSR count). The fourth-order valence-corrected chi connectivity index (χ4v) is 3.28. The Hall–Kier alpha value is -2.96. The largest absolute Gasteiger partial charge is 0.357 e. The molecule has 0 aromatic heterocycles. The van der Waals surface area contributed by atoms with Crippen LogP contribution >= 0.6 is 0 Å². The Labute approximate surface area is 169 Å². The molecule has 1 aliphatic heterocycles. The third kappa shape index (κ3) is 5.76. The molecule has 0 atom stereocenters. The first kappa shape index (κ1) is 20.8. The summed E-state index contributed by atoms with van der Waals surface area (Å²) in [4.78, 5) is 18.6. The quantitative estimate of drug-likeness (QED) is 0.426.